The number of halogens is 1. The molecule has 4 heteroatoms. The van der Waals surface area contributed by atoms with Gasteiger partial charge < -0.3 is 11.1 Å². The standard InChI is InChI=1S/C14H27N3.HI/c1-2-7-11-10-13(11)17-14(15)16-12-8-5-3-4-6-9-12;/h11-13H,2-10H2,1H3,(H3,15,16,17);1H. The highest BCUT2D eigenvalue weighted by atomic mass is 127. The lowest BCUT2D eigenvalue weighted by Gasteiger charge is -2.16. The highest BCUT2D eigenvalue weighted by Gasteiger charge is 2.36. The number of nitrogens with zero attached hydrogens (tertiary/aromatic N) is 1. The lowest BCUT2D eigenvalue weighted by molar-refractivity contribution is 0.529. The van der Waals surface area contributed by atoms with Crippen molar-refractivity contribution >= 4 is 29.9 Å². The van der Waals surface area contributed by atoms with Gasteiger partial charge in [-0.2, -0.15) is 0 Å². The molecule has 2 fully saturated rings. The summed E-state index contributed by atoms with van der Waals surface area (Å²) in [4.78, 5) is 4.60. The molecule has 0 radical (unpaired) electrons. The molecule has 3 N–H and O–H groups in total. The number of nitrogens with two attached hydrogens (primary N) is 1. The molecular weight excluding hydrogens is 337 g/mol. The van der Waals surface area contributed by atoms with Crippen LogP contribution in [0.25, 0.3) is 0 Å². The van der Waals surface area contributed by atoms with Crippen LogP contribution in [0.3, 0.4) is 0 Å². The maximum absolute atomic E-state index is 5.99. The lowest BCUT2D eigenvalue weighted by atomic mass is 10.1. The number of hydrogen-bond acceptors (Lipinski definition) is 1. The first kappa shape index (κ1) is 16.1. The average Bonchev–Trinajstić information content (AvgIpc) is 3.04. The topological polar surface area (TPSA) is 50.4 Å². The number of guanidine groups is 1. The Kier molecular flexibility index (Phi) is 7.34. The minimum absolute atomic E-state index is 0. The van der Waals surface area contributed by atoms with Crippen molar-refractivity contribution in [3.05, 3.63) is 0 Å². The van der Waals surface area contributed by atoms with Crippen molar-refractivity contribution in [3.8, 4) is 0 Å². The first-order valence-electron chi connectivity index (χ1n) is 7.39. The minimum Gasteiger partial charge on any atom is -0.370 e. The molecular formula is C14H28IN3. The monoisotopic (exact) mass is 365 g/mol. The molecule has 2 aliphatic rings. The molecule has 2 unspecified atom stereocenters. The van der Waals surface area contributed by atoms with E-state index >= 15 is 0 Å². The van der Waals surface area contributed by atoms with Gasteiger partial charge in [0.1, 0.15) is 0 Å². The van der Waals surface area contributed by atoms with Crippen LogP contribution >= 0.6 is 24.0 Å². The molecule has 0 saturated heterocycles. The fourth-order valence-corrected chi connectivity index (χ4v) is 2.92. The van der Waals surface area contributed by atoms with Gasteiger partial charge in [0.05, 0.1) is 6.04 Å². The fraction of sp³-hybridized carbons (Fsp3) is 0.929. The highest BCUT2D eigenvalue weighted by Crippen LogP contribution is 2.37. The summed E-state index contributed by atoms with van der Waals surface area (Å²) in [5, 5.41) is 3.42. The van der Waals surface area contributed by atoms with Crippen LogP contribution in [0.2, 0.25) is 0 Å². The molecule has 2 aliphatic carbocycles. The smallest absolute Gasteiger partial charge is 0.189 e. The largest absolute Gasteiger partial charge is 0.370 e. The second-order valence-electron chi connectivity index (χ2n) is 5.70. The third kappa shape index (κ3) is 5.33. The predicted octanol–water partition coefficient (Wildman–Crippen LogP) is 3.42. The van der Waals surface area contributed by atoms with Gasteiger partial charge in [-0.1, -0.05) is 39.0 Å². The Morgan fingerprint density at radius 2 is 1.89 bits per heavy atom. The van der Waals surface area contributed by atoms with Crippen LogP contribution in [0, 0.1) is 5.92 Å². The van der Waals surface area contributed by atoms with Crippen LogP contribution < -0.4 is 11.1 Å². The zero-order valence-corrected chi connectivity index (χ0v) is 13.9. The van der Waals surface area contributed by atoms with Gasteiger partial charge in [0.25, 0.3) is 0 Å². The number of aliphatic imine (C=N–C) groups is 1. The van der Waals surface area contributed by atoms with Crippen molar-refractivity contribution in [2.24, 2.45) is 16.6 Å². The number of nitrogens with one attached hydrogen (secondary N) is 1. The SMILES string of the molecule is CCCC1CC1N=C(N)NC1CCCCCC1.I. The van der Waals surface area contributed by atoms with Crippen molar-refractivity contribution in [2.45, 2.75) is 76.8 Å². The molecule has 0 heterocycles. The van der Waals surface area contributed by atoms with Crippen LogP contribution in [0.5, 0.6) is 0 Å². The van der Waals surface area contributed by atoms with Crippen molar-refractivity contribution in [2.75, 3.05) is 0 Å². The molecule has 106 valence electrons. The van der Waals surface area contributed by atoms with E-state index in [-0.39, 0.29) is 24.0 Å². The van der Waals surface area contributed by atoms with E-state index in [1.165, 1.54) is 57.8 Å². The zero-order valence-electron chi connectivity index (χ0n) is 11.5. The van der Waals surface area contributed by atoms with Gasteiger partial charge >= 0.3 is 0 Å². The van der Waals surface area contributed by atoms with Gasteiger partial charge in [-0.15, -0.1) is 24.0 Å². The lowest BCUT2D eigenvalue weighted by Crippen LogP contribution is -2.40. The molecule has 0 aromatic carbocycles. The Bertz CT molecular complexity index is 260. The molecule has 18 heavy (non-hydrogen) atoms. The van der Waals surface area contributed by atoms with E-state index in [1.54, 1.807) is 0 Å². The van der Waals surface area contributed by atoms with Crippen molar-refractivity contribution < 1.29 is 0 Å². The Balaban J connectivity index is 0.00000162. The zero-order chi connectivity index (χ0) is 12.1. The van der Waals surface area contributed by atoms with Crippen LogP contribution in [-0.2, 0) is 0 Å². The van der Waals surface area contributed by atoms with E-state index in [1.807, 2.05) is 0 Å². The predicted molar refractivity (Wildman–Crippen MR) is 88.5 cm³/mol. The van der Waals surface area contributed by atoms with Crippen molar-refractivity contribution in [1.82, 2.24) is 5.32 Å². The van der Waals surface area contributed by atoms with Crippen LogP contribution in [0.1, 0.15) is 64.7 Å². The summed E-state index contributed by atoms with van der Waals surface area (Å²) in [7, 11) is 0. The summed E-state index contributed by atoms with van der Waals surface area (Å²) >= 11 is 0. The van der Waals surface area contributed by atoms with E-state index in [4.69, 9.17) is 5.73 Å². The first-order chi connectivity index (χ1) is 8.29. The number of hydrogen-bond donors (Lipinski definition) is 2. The van der Waals surface area contributed by atoms with Crippen LogP contribution in [0.15, 0.2) is 4.99 Å². The number of rotatable bonds is 4. The highest BCUT2D eigenvalue weighted by molar-refractivity contribution is 14.0. The third-order valence-corrected chi connectivity index (χ3v) is 4.06. The van der Waals surface area contributed by atoms with E-state index < -0.39 is 0 Å². The van der Waals surface area contributed by atoms with Gasteiger partial charge in [0, 0.05) is 6.04 Å². The van der Waals surface area contributed by atoms with Gasteiger partial charge in [-0.25, -0.2) is 4.99 Å². The van der Waals surface area contributed by atoms with Crippen molar-refractivity contribution in [1.29, 1.82) is 0 Å². The molecule has 0 aliphatic heterocycles. The quantitative estimate of drug-likeness (QED) is 0.347. The maximum Gasteiger partial charge on any atom is 0.189 e. The molecule has 2 rings (SSSR count). The summed E-state index contributed by atoms with van der Waals surface area (Å²) in [5.74, 6) is 1.51. The van der Waals surface area contributed by atoms with Crippen molar-refractivity contribution in [3.63, 3.8) is 0 Å². The third-order valence-electron chi connectivity index (χ3n) is 4.06. The van der Waals surface area contributed by atoms with Gasteiger partial charge in [-0.05, 0) is 31.6 Å². The molecule has 0 bridgehead atoms. The Hall–Kier alpha value is 0. The van der Waals surface area contributed by atoms with E-state index in [2.05, 4.69) is 17.2 Å². The average molecular weight is 365 g/mol. The van der Waals surface area contributed by atoms with Gasteiger partial charge in [0.15, 0.2) is 5.96 Å². The second-order valence-corrected chi connectivity index (χ2v) is 5.70. The summed E-state index contributed by atoms with van der Waals surface area (Å²) in [6.45, 7) is 2.24. The maximum atomic E-state index is 5.99. The van der Waals surface area contributed by atoms with E-state index in [0.717, 1.165) is 5.92 Å². The second kappa shape index (κ2) is 8.23. The Morgan fingerprint density at radius 1 is 1.22 bits per heavy atom. The molecule has 3 nitrogen and oxygen atoms in total. The summed E-state index contributed by atoms with van der Waals surface area (Å²) in [6.07, 6.45) is 11.8. The molecule has 2 saturated carbocycles. The normalized spacial score (nSPS) is 29.3. The summed E-state index contributed by atoms with van der Waals surface area (Å²) in [5.41, 5.74) is 5.99. The summed E-state index contributed by atoms with van der Waals surface area (Å²) < 4.78 is 0. The summed E-state index contributed by atoms with van der Waals surface area (Å²) in [6, 6.07) is 1.10. The fourth-order valence-electron chi connectivity index (χ4n) is 2.92. The molecule has 2 atom stereocenters. The molecule has 0 aromatic rings. The van der Waals surface area contributed by atoms with E-state index in [9.17, 15) is 0 Å². The van der Waals surface area contributed by atoms with Crippen LogP contribution in [0.4, 0.5) is 0 Å². The molecule has 0 spiro atoms. The molecule has 0 aromatic heterocycles. The Morgan fingerprint density at radius 3 is 2.50 bits per heavy atom. The Labute approximate surface area is 128 Å². The molecule has 0 amide bonds. The van der Waals surface area contributed by atoms with Gasteiger partial charge in [0.2, 0.25) is 0 Å². The van der Waals surface area contributed by atoms with Crippen LogP contribution in [-0.4, -0.2) is 18.0 Å². The van der Waals surface area contributed by atoms with Gasteiger partial charge in [-0.3, -0.25) is 0 Å². The minimum atomic E-state index is 0. The first-order valence-corrected chi connectivity index (χ1v) is 7.39. The van der Waals surface area contributed by atoms with E-state index in [0.29, 0.717) is 18.0 Å².